The fourth-order valence-electron chi connectivity index (χ4n) is 13.4. The first-order valence-corrected chi connectivity index (χ1v) is 24.4. The summed E-state index contributed by atoms with van der Waals surface area (Å²) in [5.74, 6) is 0. The number of hydrogen-bond acceptors (Lipinski definition) is 2. The lowest BCUT2D eigenvalue weighted by Crippen LogP contribution is -2.47. The summed E-state index contributed by atoms with van der Waals surface area (Å²) in [7, 11) is 2.53. The Balaban J connectivity index is 1.09. The summed E-state index contributed by atoms with van der Waals surface area (Å²) in [5.41, 5.74) is 25.0. The van der Waals surface area contributed by atoms with E-state index in [1.54, 1.807) is 0 Å². The van der Waals surface area contributed by atoms with Gasteiger partial charge in [0.1, 0.15) is 0 Å². The predicted molar refractivity (Wildman–Crippen MR) is 280 cm³/mol. The molecule has 3 aliphatic carbocycles. The first-order valence-electron chi connectivity index (χ1n) is 24.4. The molecule has 66 heavy (non-hydrogen) atoms. The summed E-state index contributed by atoms with van der Waals surface area (Å²) in [6.07, 6.45) is 4.71. The molecule has 0 unspecified atom stereocenters. The highest BCUT2D eigenvalue weighted by Crippen LogP contribution is 2.64. The van der Waals surface area contributed by atoms with Crippen LogP contribution in [0.1, 0.15) is 126 Å². The lowest BCUT2D eigenvalue weighted by atomic mass is 9.54. The number of anilines is 5. The van der Waals surface area contributed by atoms with Gasteiger partial charge >= 0.3 is 0 Å². The Kier molecular flexibility index (Phi) is 8.13. The summed E-state index contributed by atoms with van der Waals surface area (Å²) in [6, 6.07) is 58.6. The topological polar surface area (TPSA) is 15.3 Å². The van der Waals surface area contributed by atoms with E-state index in [4.69, 9.17) is 0 Å². The van der Waals surface area contributed by atoms with Gasteiger partial charge in [-0.2, -0.15) is 0 Å². The van der Waals surface area contributed by atoms with E-state index in [1.807, 2.05) is 0 Å². The standard InChI is InChI=1S/C63H58BN2/c1-59(2)30-31-60(3,4)50-35-39(28-29-47(50)59)65-54-37-52-51(61(5,6)32-33-62(52,7)8)36-43(54)44-34-38-18-9-10-19-40(38)57-56(44)64-53-26-17-25-49-58(53)66(57)55-27-16-15-24-48(55)63(49)45-22-13-11-20-41(45)42-21-12-14-23-46(42)63/h9-29,34-37,65H,30-33H2,1-8H3. The zero-order chi connectivity index (χ0) is 45.1. The fraction of sp³-hybridized carbons (Fsp3) is 0.270. The second-order valence-electron chi connectivity index (χ2n) is 22.9. The van der Waals surface area contributed by atoms with Crippen molar-refractivity contribution in [2.75, 3.05) is 10.2 Å². The van der Waals surface area contributed by atoms with E-state index >= 15 is 0 Å². The van der Waals surface area contributed by atoms with Gasteiger partial charge in [-0.05, 0) is 156 Å². The van der Waals surface area contributed by atoms with E-state index in [-0.39, 0.29) is 21.7 Å². The molecule has 3 heteroatoms. The Bertz CT molecular complexity index is 3350. The van der Waals surface area contributed by atoms with Crippen molar-refractivity contribution in [1.82, 2.24) is 0 Å². The van der Waals surface area contributed by atoms with Crippen LogP contribution < -0.4 is 21.1 Å². The first kappa shape index (κ1) is 40.0. The van der Waals surface area contributed by atoms with Crippen LogP contribution in [0.2, 0.25) is 0 Å². The van der Waals surface area contributed by atoms with Crippen LogP contribution >= 0.6 is 0 Å². The minimum atomic E-state index is -0.461. The molecule has 0 fully saturated rings. The Morgan fingerprint density at radius 3 is 1.68 bits per heavy atom. The van der Waals surface area contributed by atoms with Gasteiger partial charge in [-0.15, -0.1) is 0 Å². The molecule has 0 amide bonds. The lowest BCUT2D eigenvalue weighted by molar-refractivity contribution is 0.332. The first-order chi connectivity index (χ1) is 31.7. The maximum Gasteiger partial charge on any atom is 0.197 e. The molecule has 8 aromatic carbocycles. The van der Waals surface area contributed by atoms with Crippen LogP contribution in [0.25, 0.3) is 33.0 Å². The van der Waals surface area contributed by atoms with Gasteiger partial charge in [-0.1, -0.05) is 176 Å². The van der Waals surface area contributed by atoms with Gasteiger partial charge in [0.25, 0.3) is 0 Å². The highest BCUT2D eigenvalue weighted by Gasteiger charge is 2.53. The molecule has 1 spiro atoms. The largest absolute Gasteiger partial charge is 0.355 e. The van der Waals surface area contributed by atoms with Crippen molar-refractivity contribution in [3.63, 3.8) is 0 Å². The van der Waals surface area contributed by atoms with Crippen LogP contribution in [0.15, 0.2) is 152 Å². The highest BCUT2D eigenvalue weighted by molar-refractivity contribution is 6.74. The van der Waals surface area contributed by atoms with Crippen LogP contribution in [-0.4, -0.2) is 7.28 Å². The molecular weight excluding hydrogens is 796 g/mol. The van der Waals surface area contributed by atoms with Crippen molar-refractivity contribution in [2.45, 2.75) is 108 Å². The molecular formula is C63H58BN2. The molecule has 13 rings (SSSR count). The summed E-state index contributed by atoms with van der Waals surface area (Å²) in [5, 5.41) is 6.67. The Morgan fingerprint density at radius 2 is 0.985 bits per heavy atom. The molecule has 1 radical (unpaired) electrons. The van der Waals surface area contributed by atoms with Crippen molar-refractivity contribution >= 4 is 57.4 Å². The van der Waals surface area contributed by atoms with Crippen LogP contribution in [0.3, 0.4) is 0 Å². The van der Waals surface area contributed by atoms with E-state index < -0.39 is 5.41 Å². The molecule has 5 aliphatic rings. The van der Waals surface area contributed by atoms with Gasteiger partial charge in [0, 0.05) is 33.7 Å². The monoisotopic (exact) mass is 853 g/mol. The molecule has 2 aliphatic heterocycles. The van der Waals surface area contributed by atoms with E-state index in [1.165, 1.54) is 124 Å². The summed E-state index contributed by atoms with van der Waals surface area (Å²) in [4.78, 5) is 2.65. The van der Waals surface area contributed by atoms with Gasteiger partial charge in [-0.3, -0.25) is 0 Å². The number of nitrogens with zero attached hydrogens (tertiary/aromatic N) is 1. The quantitative estimate of drug-likeness (QED) is 0.178. The van der Waals surface area contributed by atoms with E-state index in [2.05, 4.69) is 225 Å². The van der Waals surface area contributed by atoms with Gasteiger partial charge in [0.2, 0.25) is 0 Å². The van der Waals surface area contributed by atoms with Gasteiger partial charge < -0.3 is 10.2 Å². The Hall–Kier alpha value is -6.32. The van der Waals surface area contributed by atoms with Gasteiger partial charge in [0.05, 0.1) is 11.1 Å². The number of nitrogens with one attached hydrogen (secondary N) is 1. The lowest BCUT2D eigenvalue weighted by Gasteiger charge is -2.48. The van der Waals surface area contributed by atoms with Crippen molar-refractivity contribution in [3.8, 4) is 22.3 Å². The smallest absolute Gasteiger partial charge is 0.197 e. The molecule has 1 N–H and O–H groups in total. The molecule has 2 nitrogen and oxygen atoms in total. The predicted octanol–water partition coefficient (Wildman–Crippen LogP) is 15.1. The Labute approximate surface area is 392 Å². The average molecular weight is 854 g/mol. The minimum absolute atomic E-state index is 0.0374. The maximum absolute atomic E-state index is 4.16. The second kappa shape index (κ2) is 13.4. The molecule has 2 heterocycles. The average Bonchev–Trinajstić information content (AvgIpc) is 3.61. The van der Waals surface area contributed by atoms with Crippen LogP contribution in [0.4, 0.5) is 28.4 Å². The SMILES string of the molecule is CC1(C)CCC(C)(C)c2cc(Nc3cc4c(cc3-c3cc5ccccc5c5c3[B]c3cccc6c3N5c3ccccc3C63c5ccccc5-c5ccccc53)C(C)(C)CCC4(C)C)ccc21. The molecule has 0 saturated heterocycles. The van der Waals surface area contributed by atoms with Gasteiger partial charge in [-0.25, -0.2) is 0 Å². The fourth-order valence-corrected chi connectivity index (χ4v) is 13.4. The third kappa shape index (κ3) is 5.32. The van der Waals surface area contributed by atoms with E-state index in [0.29, 0.717) is 0 Å². The van der Waals surface area contributed by atoms with Crippen molar-refractivity contribution < 1.29 is 0 Å². The normalized spacial score (nSPS) is 18.8. The Morgan fingerprint density at radius 1 is 0.424 bits per heavy atom. The molecule has 323 valence electrons. The zero-order valence-electron chi connectivity index (χ0n) is 39.8. The number of fused-ring (bicyclic) bond motifs is 15. The van der Waals surface area contributed by atoms with Gasteiger partial charge in [0.15, 0.2) is 7.28 Å². The molecule has 0 aromatic heterocycles. The van der Waals surface area contributed by atoms with E-state index in [0.717, 1.165) is 18.5 Å². The third-order valence-corrected chi connectivity index (χ3v) is 17.2. The second-order valence-corrected chi connectivity index (χ2v) is 22.9. The van der Waals surface area contributed by atoms with Crippen molar-refractivity contribution in [2.24, 2.45) is 0 Å². The number of para-hydroxylation sites is 2. The highest BCUT2D eigenvalue weighted by atomic mass is 15.2. The van der Waals surface area contributed by atoms with Crippen molar-refractivity contribution in [3.05, 3.63) is 196 Å². The molecule has 0 bridgehead atoms. The number of hydrogen-bond donors (Lipinski definition) is 1. The van der Waals surface area contributed by atoms with Crippen molar-refractivity contribution in [1.29, 1.82) is 0 Å². The third-order valence-electron chi connectivity index (χ3n) is 17.2. The number of benzene rings is 8. The summed E-state index contributed by atoms with van der Waals surface area (Å²) >= 11 is 0. The van der Waals surface area contributed by atoms with Crippen LogP contribution in [0.5, 0.6) is 0 Å². The van der Waals surface area contributed by atoms with E-state index in [9.17, 15) is 0 Å². The van der Waals surface area contributed by atoms with Crippen LogP contribution in [0, 0.1) is 0 Å². The maximum atomic E-state index is 4.16. The molecule has 8 aromatic rings. The summed E-state index contributed by atoms with van der Waals surface area (Å²) < 4.78 is 0. The minimum Gasteiger partial charge on any atom is -0.355 e. The van der Waals surface area contributed by atoms with Crippen LogP contribution in [-0.2, 0) is 27.1 Å². The molecule has 0 saturated carbocycles. The molecule has 0 atom stereocenters. The summed E-state index contributed by atoms with van der Waals surface area (Å²) in [6.45, 7) is 19.6. The number of rotatable bonds is 3. The zero-order valence-corrected chi connectivity index (χ0v) is 39.8.